The maximum absolute atomic E-state index is 10.6. The number of aliphatic imine (C=N–C) groups is 1. The summed E-state index contributed by atoms with van der Waals surface area (Å²) in [5.74, 6) is 1.18. The molecule has 0 saturated carbocycles. The molecule has 2 unspecified atom stereocenters. The quantitative estimate of drug-likeness (QED) is 0.391. The summed E-state index contributed by atoms with van der Waals surface area (Å²) in [6.07, 6.45) is 5.29. The van der Waals surface area contributed by atoms with Gasteiger partial charge >= 0.3 is 0 Å². The lowest BCUT2D eigenvalue weighted by molar-refractivity contribution is -0.119. The number of hydrazine groups is 1. The van der Waals surface area contributed by atoms with Crippen LogP contribution in [0.1, 0.15) is 13.3 Å². The number of nitrogens with one attached hydrogen (secondary N) is 2. The first-order chi connectivity index (χ1) is 5.75. The lowest BCUT2D eigenvalue weighted by Gasteiger charge is -2.10. The van der Waals surface area contributed by atoms with Gasteiger partial charge in [-0.15, -0.1) is 0 Å². The zero-order valence-electron chi connectivity index (χ0n) is 6.87. The summed E-state index contributed by atoms with van der Waals surface area (Å²) in [4.78, 5) is 14.9. The van der Waals surface area contributed by atoms with E-state index in [1.54, 1.807) is 0 Å². The Bertz CT molecular complexity index is 269. The minimum Gasteiger partial charge on any atom is -0.285 e. The van der Waals surface area contributed by atoms with Gasteiger partial charge in [0.05, 0.1) is 6.04 Å². The lowest BCUT2D eigenvalue weighted by atomic mass is 10.1. The number of dihydropyridines is 1. The van der Waals surface area contributed by atoms with Crippen LogP contribution in [0, 0.1) is 5.92 Å². The second-order valence-electron chi connectivity index (χ2n) is 3.11. The van der Waals surface area contributed by atoms with Gasteiger partial charge in [-0.05, 0) is 6.42 Å². The van der Waals surface area contributed by atoms with E-state index in [2.05, 4.69) is 28.0 Å². The number of amidine groups is 1. The molecule has 1 heterocycles. The van der Waals surface area contributed by atoms with Crippen LogP contribution in [-0.2, 0) is 4.79 Å². The topological polar surface area (TPSA) is 53.5 Å². The molecule has 0 radical (unpaired) electrons. The number of hydrogen-bond donors (Lipinski definition) is 2. The Morgan fingerprint density at radius 2 is 2.50 bits per heavy atom. The van der Waals surface area contributed by atoms with E-state index < -0.39 is 0 Å². The zero-order chi connectivity index (χ0) is 8.55. The zero-order valence-corrected chi connectivity index (χ0v) is 6.87. The molecule has 2 bridgehead atoms. The molecule has 0 spiro atoms. The van der Waals surface area contributed by atoms with Gasteiger partial charge in [0.15, 0.2) is 0 Å². The van der Waals surface area contributed by atoms with E-state index in [0.29, 0.717) is 12.0 Å². The molecule has 0 aromatic carbocycles. The monoisotopic (exact) mass is 165 g/mol. The first-order valence-electron chi connectivity index (χ1n) is 4.04. The van der Waals surface area contributed by atoms with Crippen LogP contribution in [0.3, 0.4) is 0 Å². The van der Waals surface area contributed by atoms with Crippen LogP contribution in [0.15, 0.2) is 17.1 Å². The maximum atomic E-state index is 10.6. The molecular weight excluding hydrogens is 154 g/mol. The van der Waals surface area contributed by atoms with Crippen molar-refractivity contribution in [3.8, 4) is 0 Å². The summed E-state index contributed by atoms with van der Waals surface area (Å²) in [5.41, 5.74) is 5.33. The Morgan fingerprint density at radius 3 is 3.00 bits per heavy atom. The van der Waals surface area contributed by atoms with Crippen LogP contribution in [0.5, 0.6) is 0 Å². The number of amides is 1. The third kappa shape index (κ3) is 1.20. The molecule has 2 aliphatic rings. The molecule has 0 saturated heterocycles. The molecule has 4 nitrogen and oxygen atoms in total. The number of fused-ring (bicyclic) bond motifs is 2. The van der Waals surface area contributed by atoms with Crippen molar-refractivity contribution in [1.29, 1.82) is 0 Å². The highest BCUT2D eigenvalue weighted by molar-refractivity contribution is 5.90. The van der Waals surface area contributed by atoms with Crippen molar-refractivity contribution >= 4 is 11.7 Å². The Hall–Kier alpha value is -1.32. The molecule has 4 heteroatoms. The molecule has 2 N–H and O–H groups in total. The second-order valence-corrected chi connectivity index (χ2v) is 3.11. The van der Waals surface area contributed by atoms with E-state index in [1.165, 1.54) is 6.92 Å². The minimum absolute atomic E-state index is 0.0931. The van der Waals surface area contributed by atoms with Gasteiger partial charge in [-0.3, -0.25) is 20.6 Å². The van der Waals surface area contributed by atoms with Gasteiger partial charge in [0.2, 0.25) is 5.91 Å². The summed E-state index contributed by atoms with van der Waals surface area (Å²) in [7, 11) is 0. The lowest BCUT2D eigenvalue weighted by Crippen LogP contribution is -2.42. The summed E-state index contributed by atoms with van der Waals surface area (Å²) in [6.45, 7) is 1.47. The van der Waals surface area contributed by atoms with Crippen LogP contribution >= 0.6 is 0 Å². The van der Waals surface area contributed by atoms with Gasteiger partial charge in [-0.2, -0.15) is 0 Å². The summed E-state index contributed by atoms with van der Waals surface area (Å²) >= 11 is 0. The molecule has 1 aliphatic carbocycles. The maximum Gasteiger partial charge on any atom is 0.235 e. The highest BCUT2D eigenvalue weighted by atomic mass is 16.2. The van der Waals surface area contributed by atoms with E-state index >= 15 is 0 Å². The summed E-state index contributed by atoms with van der Waals surface area (Å²) in [5, 5.41) is 0. The van der Waals surface area contributed by atoms with Gasteiger partial charge in [-0.25, -0.2) is 0 Å². The second kappa shape index (κ2) is 2.62. The Balaban J connectivity index is 1.91. The normalized spacial score (nSPS) is 30.2. The van der Waals surface area contributed by atoms with Crippen LogP contribution in [0.2, 0.25) is 0 Å². The Labute approximate surface area is 70.7 Å². The molecule has 2 rings (SSSR count). The minimum atomic E-state index is -0.0931. The fourth-order valence-electron chi connectivity index (χ4n) is 1.53. The predicted molar refractivity (Wildman–Crippen MR) is 45.4 cm³/mol. The predicted octanol–water partition coefficient (Wildman–Crippen LogP) is -0.0161. The fraction of sp³-hybridized carbons (Fsp3) is 0.500. The molecule has 12 heavy (non-hydrogen) atoms. The van der Waals surface area contributed by atoms with E-state index in [-0.39, 0.29) is 5.91 Å². The summed E-state index contributed by atoms with van der Waals surface area (Å²) < 4.78 is 0. The van der Waals surface area contributed by atoms with Crippen LogP contribution in [0.4, 0.5) is 0 Å². The number of nitrogens with zero attached hydrogens (tertiary/aromatic N) is 1. The van der Waals surface area contributed by atoms with Gasteiger partial charge in [0.1, 0.15) is 5.84 Å². The molecule has 2 atom stereocenters. The number of carbonyl (C=O) groups excluding carboxylic acids is 1. The summed E-state index contributed by atoms with van der Waals surface area (Å²) in [6, 6.07) is 0.339. The molecular formula is C8H11N3O. The van der Waals surface area contributed by atoms with Crippen molar-refractivity contribution in [2.75, 3.05) is 0 Å². The van der Waals surface area contributed by atoms with Gasteiger partial charge in [0, 0.05) is 12.8 Å². The van der Waals surface area contributed by atoms with Crippen molar-refractivity contribution in [3.63, 3.8) is 0 Å². The Morgan fingerprint density at radius 1 is 1.67 bits per heavy atom. The average molecular weight is 165 g/mol. The van der Waals surface area contributed by atoms with E-state index in [0.717, 1.165) is 12.3 Å². The molecule has 0 aromatic heterocycles. The largest absolute Gasteiger partial charge is 0.285 e. The highest BCUT2D eigenvalue weighted by Crippen LogP contribution is 2.27. The molecule has 1 aliphatic heterocycles. The number of hydrogen-bond acceptors (Lipinski definition) is 3. The SMILES string of the molecule is CC(=O)NNC1=NC2C=CC1C2. The molecule has 0 aromatic rings. The average Bonchev–Trinajstić information content (AvgIpc) is 2.60. The van der Waals surface area contributed by atoms with Crippen LogP contribution in [0.25, 0.3) is 0 Å². The van der Waals surface area contributed by atoms with E-state index in [9.17, 15) is 4.79 Å². The standard InChI is InChI=1S/C8H11N3O/c1-5(12)10-11-8-6-2-3-7(4-6)9-8/h2-3,6-7H,4H2,1H3,(H,9,11)(H,10,12). The van der Waals surface area contributed by atoms with Gasteiger partial charge < -0.3 is 0 Å². The van der Waals surface area contributed by atoms with E-state index in [4.69, 9.17) is 0 Å². The van der Waals surface area contributed by atoms with Gasteiger partial charge in [-0.1, -0.05) is 12.2 Å². The number of carbonyl (C=O) groups is 1. The van der Waals surface area contributed by atoms with Crippen molar-refractivity contribution < 1.29 is 4.79 Å². The van der Waals surface area contributed by atoms with Crippen LogP contribution in [-0.4, -0.2) is 17.8 Å². The van der Waals surface area contributed by atoms with Crippen molar-refractivity contribution in [2.24, 2.45) is 10.9 Å². The van der Waals surface area contributed by atoms with Crippen molar-refractivity contribution in [3.05, 3.63) is 12.2 Å². The smallest absolute Gasteiger partial charge is 0.235 e. The number of rotatable bonds is 0. The molecule has 64 valence electrons. The highest BCUT2D eigenvalue weighted by Gasteiger charge is 2.29. The first-order valence-corrected chi connectivity index (χ1v) is 4.04. The Kier molecular flexibility index (Phi) is 1.60. The van der Waals surface area contributed by atoms with Crippen LogP contribution < -0.4 is 10.9 Å². The van der Waals surface area contributed by atoms with Crippen molar-refractivity contribution in [1.82, 2.24) is 10.9 Å². The molecule has 1 amide bonds. The first kappa shape index (κ1) is 7.34. The van der Waals surface area contributed by atoms with E-state index in [1.807, 2.05) is 0 Å². The van der Waals surface area contributed by atoms with Gasteiger partial charge in [0.25, 0.3) is 0 Å². The third-order valence-corrected chi connectivity index (χ3v) is 2.08. The third-order valence-electron chi connectivity index (χ3n) is 2.08. The molecule has 0 fully saturated rings. The van der Waals surface area contributed by atoms with Crippen molar-refractivity contribution in [2.45, 2.75) is 19.4 Å². The fourth-order valence-corrected chi connectivity index (χ4v) is 1.53.